The van der Waals surface area contributed by atoms with Gasteiger partial charge in [-0.2, -0.15) is 0 Å². The Kier molecular flexibility index (Phi) is 5.60. The predicted molar refractivity (Wildman–Crippen MR) is 80.4 cm³/mol. The van der Waals surface area contributed by atoms with Gasteiger partial charge in [-0.25, -0.2) is 0 Å². The monoisotopic (exact) mass is 271 g/mol. The summed E-state index contributed by atoms with van der Waals surface area (Å²) in [6.07, 6.45) is 2.55. The highest BCUT2D eigenvalue weighted by molar-refractivity contribution is 5.94. The largest absolute Gasteiger partial charge is 0.351 e. The van der Waals surface area contributed by atoms with Crippen LogP contribution in [0.2, 0.25) is 0 Å². The lowest BCUT2D eigenvalue weighted by molar-refractivity contribution is 0.0949. The van der Waals surface area contributed by atoms with Crippen LogP contribution in [-0.2, 0) is 0 Å². The molecule has 0 radical (unpaired) electrons. The molecule has 1 aromatic carbocycles. The van der Waals surface area contributed by atoms with Crippen LogP contribution in [0.4, 0.5) is 0 Å². The second-order valence-corrected chi connectivity index (χ2v) is 4.89. The highest BCUT2D eigenvalue weighted by Gasteiger charge is 2.11. The molecule has 0 aliphatic carbocycles. The number of nitrogens with one attached hydrogen (secondary N) is 1. The Morgan fingerprint density at radius 1 is 1.35 bits per heavy atom. The highest BCUT2D eigenvalue weighted by Crippen LogP contribution is 2.06. The number of benzene rings is 1. The van der Waals surface area contributed by atoms with E-state index in [2.05, 4.69) is 22.1 Å². The molecule has 1 saturated heterocycles. The lowest BCUT2D eigenvalue weighted by Gasteiger charge is -2.14. The third-order valence-electron chi connectivity index (χ3n) is 3.37. The molecule has 1 amide bonds. The summed E-state index contributed by atoms with van der Waals surface area (Å²) in [5.74, 6) is 5.69. The van der Waals surface area contributed by atoms with Crippen molar-refractivity contribution in [2.24, 2.45) is 5.73 Å². The molecule has 2 rings (SSSR count). The van der Waals surface area contributed by atoms with E-state index in [0.717, 1.165) is 25.2 Å². The van der Waals surface area contributed by atoms with E-state index >= 15 is 0 Å². The minimum Gasteiger partial charge on any atom is -0.351 e. The summed E-state index contributed by atoms with van der Waals surface area (Å²) in [4.78, 5) is 14.4. The Bertz CT molecular complexity index is 510. The SMILES string of the molecule is NCC#Cc1cccc(C(=O)NCCN2CCCC2)c1. The fourth-order valence-corrected chi connectivity index (χ4v) is 2.33. The zero-order valence-electron chi connectivity index (χ0n) is 11.7. The standard InChI is InChI=1S/C16H21N3O/c17-8-4-6-14-5-3-7-15(13-14)16(20)18-9-12-19-10-1-2-11-19/h3,5,7,13H,1-2,8-12,17H2,(H,18,20). The Morgan fingerprint density at radius 2 is 2.15 bits per heavy atom. The van der Waals surface area contributed by atoms with E-state index in [-0.39, 0.29) is 5.91 Å². The van der Waals surface area contributed by atoms with Crippen molar-refractivity contribution in [3.8, 4) is 11.8 Å². The molecular formula is C16H21N3O. The van der Waals surface area contributed by atoms with Crippen LogP contribution in [0.15, 0.2) is 24.3 Å². The fraction of sp³-hybridized carbons (Fsp3) is 0.438. The number of nitrogens with two attached hydrogens (primary N) is 1. The maximum absolute atomic E-state index is 12.0. The second-order valence-electron chi connectivity index (χ2n) is 4.89. The van der Waals surface area contributed by atoms with Crippen LogP contribution in [0.25, 0.3) is 0 Å². The summed E-state index contributed by atoms with van der Waals surface area (Å²) in [6.45, 7) is 4.25. The van der Waals surface area contributed by atoms with Gasteiger partial charge in [0.1, 0.15) is 0 Å². The number of likely N-dealkylation sites (tertiary alicyclic amines) is 1. The smallest absolute Gasteiger partial charge is 0.251 e. The predicted octanol–water partition coefficient (Wildman–Crippen LogP) is 0.822. The molecule has 0 saturated carbocycles. The zero-order chi connectivity index (χ0) is 14.2. The van der Waals surface area contributed by atoms with Crippen LogP contribution in [-0.4, -0.2) is 43.5 Å². The molecule has 4 heteroatoms. The van der Waals surface area contributed by atoms with Crippen LogP contribution in [0.1, 0.15) is 28.8 Å². The van der Waals surface area contributed by atoms with Gasteiger partial charge in [-0.15, -0.1) is 0 Å². The van der Waals surface area contributed by atoms with Gasteiger partial charge in [0.25, 0.3) is 5.91 Å². The molecule has 20 heavy (non-hydrogen) atoms. The quantitative estimate of drug-likeness (QED) is 0.797. The number of hydrogen-bond acceptors (Lipinski definition) is 3. The average molecular weight is 271 g/mol. The van der Waals surface area contributed by atoms with Crippen molar-refractivity contribution in [2.75, 3.05) is 32.7 Å². The summed E-state index contributed by atoms with van der Waals surface area (Å²) in [5, 5.41) is 2.96. The molecule has 4 nitrogen and oxygen atoms in total. The van der Waals surface area contributed by atoms with Gasteiger partial charge in [0.15, 0.2) is 0 Å². The van der Waals surface area contributed by atoms with Gasteiger partial charge in [-0.05, 0) is 44.1 Å². The molecule has 0 atom stereocenters. The van der Waals surface area contributed by atoms with Crippen molar-refractivity contribution in [1.82, 2.24) is 10.2 Å². The van der Waals surface area contributed by atoms with Crippen LogP contribution in [0, 0.1) is 11.8 Å². The van der Waals surface area contributed by atoms with Crippen molar-refractivity contribution < 1.29 is 4.79 Å². The van der Waals surface area contributed by atoms with Crippen molar-refractivity contribution in [2.45, 2.75) is 12.8 Å². The first kappa shape index (κ1) is 14.6. The van der Waals surface area contributed by atoms with Crippen LogP contribution in [0.3, 0.4) is 0 Å². The summed E-state index contributed by atoms with van der Waals surface area (Å²) in [7, 11) is 0. The molecule has 1 aliphatic rings. The van der Waals surface area contributed by atoms with Gasteiger partial charge in [-0.3, -0.25) is 4.79 Å². The Hall–Kier alpha value is -1.83. The van der Waals surface area contributed by atoms with Gasteiger partial charge in [0, 0.05) is 24.2 Å². The molecule has 1 heterocycles. The second kappa shape index (κ2) is 7.68. The summed E-state index contributed by atoms with van der Waals surface area (Å²) in [6, 6.07) is 7.33. The molecule has 106 valence electrons. The van der Waals surface area contributed by atoms with Gasteiger partial charge >= 0.3 is 0 Å². The number of nitrogens with zero attached hydrogens (tertiary/aromatic N) is 1. The number of rotatable bonds is 4. The molecule has 1 aliphatic heterocycles. The van der Waals surface area contributed by atoms with Crippen LogP contribution >= 0.6 is 0 Å². The molecule has 0 unspecified atom stereocenters. The third kappa shape index (κ3) is 4.37. The number of carbonyl (C=O) groups is 1. The van der Waals surface area contributed by atoms with Crippen molar-refractivity contribution in [3.05, 3.63) is 35.4 Å². The summed E-state index contributed by atoms with van der Waals surface area (Å²) in [5.41, 5.74) is 6.81. The van der Waals surface area contributed by atoms with Crippen LogP contribution < -0.4 is 11.1 Å². The molecule has 3 N–H and O–H groups in total. The van der Waals surface area contributed by atoms with Gasteiger partial charge in [0.05, 0.1) is 6.54 Å². The minimum absolute atomic E-state index is 0.0411. The number of amides is 1. The first-order valence-electron chi connectivity index (χ1n) is 7.09. The first-order chi connectivity index (χ1) is 9.79. The molecule has 0 aromatic heterocycles. The Balaban J connectivity index is 1.85. The van der Waals surface area contributed by atoms with E-state index in [1.54, 1.807) is 12.1 Å². The minimum atomic E-state index is -0.0411. The molecule has 0 spiro atoms. The maximum Gasteiger partial charge on any atom is 0.251 e. The number of carbonyl (C=O) groups excluding carboxylic acids is 1. The maximum atomic E-state index is 12.0. The molecule has 1 aromatic rings. The zero-order valence-corrected chi connectivity index (χ0v) is 11.7. The molecular weight excluding hydrogens is 250 g/mol. The van der Waals surface area contributed by atoms with E-state index in [9.17, 15) is 4.79 Å². The topological polar surface area (TPSA) is 58.4 Å². The fourth-order valence-electron chi connectivity index (χ4n) is 2.33. The van der Waals surface area contributed by atoms with Gasteiger partial charge in [-0.1, -0.05) is 17.9 Å². The van der Waals surface area contributed by atoms with E-state index in [0.29, 0.717) is 18.7 Å². The Morgan fingerprint density at radius 3 is 2.90 bits per heavy atom. The number of hydrogen-bond donors (Lipinski definition) is 2. The normalized spacial score (nSPS) is 14.7. The third-order valence-corrected chi connectivity index (χ3v) is 3.37. The van der Waals surface area contributed by atoms with E-state index in [4.69, 9.17) is 5.73 Å². The average Bonchev–Trinajstić information content (AvgIpc) is 2.98. The van der Waals surface area contributed by atoms with Crippen molar-refractivity contribution in [1.29, 1.82) is 0 Å². The lowest BCUT2D eigenvalue weighted by Crippen LogP contribution is -2.33. The van der Waals surface area contributed by atoms with Crippen molar-refractivity contribution in [3.63, 3.8) is 0 Å². The lowest BCUT2D eigenvalue weighted by atomic mass is 10.1. The van der Waals surface area contributed by atoms with E-state index < -0.39 is 0 Å². The Labute approximate surface area is 120 Å². The van der Waals surface area contributed by atoms with Gasteiger partial charge in [0.2, 0.25) is 0 Å². The molecule has 1 fully saturated rings. The van der Waals surface area contributed by atoms with Crippen molar-refractivity contribution >= 4 is 5.91 Å². The van der Waals surface area contributed by atoms with Crippen LogP contribution in [0.5, 0.6) is 0 Å². The van der Waals surface area contributed by atoms with E-state index in [1.165, 1.54) is 12.8 Å². The van der Waals surface area contributed by atoms with Gasteiger partial charge < -0.3 is 16.0 Å². The van der Waals surface area contributed by atoms with E-state index in [1.807, 2.05) is 12.1 Å². The molecule has 0 bridgehead atoms. The first-order valence-corrected chi connectivity index (χ1v) is 7.09. The summed E-state index contributed by atoms with van der Waals surface area (Å²) < 4.78 is 0. The highest BCUT2D eigenvalue weighted by atomic mass is 16.1. The summed E-state index contributed by atoms with van der Waals surface area (Å²) >= 11 is 0.